The van der Waals surface area contributed by atoms with E-state index in [2.05, 4.69) is 64.1 Å². The first-order valence-corrected chi connectivity index (χ1v) is 12.7. The largest absolute Gasteiger partial charge is 0.461 e. The average molecular weight is 467 g/mol. The van der Waals surface area contributed by atoms with Crippen molar-refractivity contribution < 1.29 is 19.0 Å². The standard InChI is InChI=1S/C30H42O4/c1-29(2,21-31)19-9-7-11-23-15-17-27(33-23)25-13-5-6-14-26(25)28-18-16-24(34-28)12-8-10-20-30(3,4)22-32/h5-6,13-18,31-32H,7-12,19-22H2,1-4H3. The second-order valence-corrected chi connectivity index (χ2v) is 11.1. The van der Waals surface area contributed by atoms with Crippen molar-refractivity contribution in [3.05, 3.63) is 60.1 Å². The van der Waals surface area contributed by atoms with E-state index in [-0.39, 0.29) is 24.0 Å². The van der Waals surface area contributed by atoms with Gasteiger partial charge in [0, 0.05) is 37.2 Å². The summed E-state index contributed by atoms with van der Waals surface area (Å²) >= 11 is 0. The van der Waals surface area contributed by atoms with Crippen molar-refractivity contribution in [3.8, 4) is 22.6 Å². The highest BCUT2D eigenvalue weighted by molar-refractivity contribution is 5.78. The molecule has 3 rings (SSSR count). The van der Waals surface area contributed by atoms with Gasteiger partial charge < -0.3 is 19.0 Å². The van der Waals surface area contributed by atoms with Crippen molar-refractivity contribution in [2.45, 2.75) is 79.1 Å². The molecule has 2 heterocycles. The normalized spacial score (nSPS) is 12.4. The molecule has 3 aromatic rings. The van der Waals surface area contributed by atoms with Gasteiger partial charge in [0.25, 0.3) is 0 Å². The number of unbranched alkanes of at least 4 members (excludes halogenated alkanes) is 2. The Labute approximate surface area is 205 Å². The van der Waals surface area contributed by atoms with Gasteiger partial charge in [-0.1, -0.05) is 64.8 Å². The number of hydrogen-bond donors (Lipinski definition) is 2. The Morgan fingerprint density at radius 2 is 1.00 bits per heavy atom. The van der Waals surface area contributed by atoms with Gasteiger partial charge in [0.2, 0.25) is 0 Å². The zero-order valence-corrected chi connectivity index (χ0v) is 21.4. The summed E-state index contributed by atoms with van der Waals surface area (Å²) in [6.45, 7) is 8.87. The quantitative estimate of drug-likeness (QED) is 0.239. The molecular formula is C30H42O4. The molecule has 2 N–H and O–H groups in total. The molecule has 0 amide bonds. The highest BCUT2D eigenvalue weighted by atomic mass is 16.3. The Hall–Kier alpha value is -2.30. The molecule has 0 aliphatic rings. The van der Waals surface area contributed by atoms with E-state index in [0.717, 1.165) is 85.5 Å². The summed E-state index contributed by atoms with van der Waals surface area (Å²) in [6.07, 6.45) is 8.09. The molecule has 0 spiro atoms. The summed E-state index contributed by atoms with van der Waals surface area (Å²) < 4.78 is 12.4. The molecule has 2 aromatic heterocycles. The summed E-state index contributed by atoms with van der Waals surface area (Å²) in [6, 6.07) is 16.5. The molecule has 186 valence electrons. The summed E-state index contributed by atoms with van der Waals surface area (Å²) in [5.41, 5.74) is 2.07. The first kappa shape index (κ1) is 26.3. The van der Waals surface area contributed by atoms with Crippen LogP contribution in [-0.2, 0) is 12.8 Å². The Morgan fingerprint density at radius 1 is 0.588 bits per heavy atom. The fraction of sp³-hybridized carbons (Fsp3) is 0.533. The van der Waals surface area contributed by atoms with Crippen molar-refractivity contribution in [1.82, 2.24) is 0 Å². The Kier molecular flexibility index (Phi) is 9.21. The molecule has 0 saturated carbocycles. The topological polar surface area (TPSA) is 66.7 Å². The van der Waals surface area contributed by atoms with Crippen molar-refractivity contribution in [2.75, 3.05) is 13.2 Å². The maximum Gasteiger partial charge on any atom is 0.135 e. The van der Waals surface area contributed by atoms with Crippen LogP contribution in [0.4, 0.5) is 0 Å². The zero-order chi connectivity index (χ0) is 24.6. The molecule has 0 unspecified atom stereocenters. The number of benzene rings is 1. The van der Waals surface area contributed by atoms with Crippen molar-refractivity contribution >= 4 is 0 Å². The lowest BCUT2D eigenvalue weighted by molar-refractivity contribution is 0.147. The second-order valence-electron chi connectivity index (χ2n) is 11.1. The van der Waals surface area contributed by atoms with Gasteiger partial charge in [-0.05, 0) is 60.8 Å². The van der Waals surface area contributed by atoms with Crippen LogP contribution < -0.4 is 0 Å². The molecule has 0 aliphatic heterocycles. The average Bonchev–Trinajstić information content (AvgIpc) is 3.49. The number of aliphatic hydroxyl groups excluding tert-OH is 2. The molecular weight excluding hydrogens is 424 g/mol. The Balaban J connectivity index is 1.60. The van der Waals surface area contributed by atoms with Crippen LogP contribution in [0.2, 0.25) is 0 Å². The van der Waals surface area contributed by atoms with Gasteiger partial charge in [-0.15, -0.1) is 0 Å². The van der Waals surface area contributed by atoms with Crippen LogP contribution in [0.3, 0.4) is 0 Å². The lowest BCUT2D eigenvalue weighted by Gasteiger charge is -2.20. The Morgan fingerprint density at radius 3 is 1.38 bits per heavy atom. The van der Waals surface area contributed by atoms with E-state index >= 15 is 0 Å². The summed E-state index contributed by atoms with van der Waals surface area (Å²) in [5.74, 6) is 3.73. The predicted molar refractivity (Wildman–Crippen MR) is 139 cm³/mol. The van der Waals surface area contributed by atoms with Crippen molar-refractivity contribution in [2.24, 2.45) is 10.8 Å². The molecule has 0 bridgehead atoms. The van der Waals surface area contributed by atoms with Crippen LogP contribution in [-0.4, -0.2) is 23.4 Å². The second kappa shape index (κ2) is 11.9. The van der Waals surface area contributed by atoms with Gasteiger partial charge in [0.1, 0.15) is 23.0 Å². The van der Waals surface area contributed by atoms with Crippen LogP contribution in [0.1, 0.15) is 77.7 Å². The summed E-state index contributed by atoms with van der Waals surface area (Å²) in [5, 5.41) is 18.8. The number of aliphatic hydroxyl groups is 2. The third-order valence-electron chi connectivity index (χ3n) is 6.69. The van der Waals surface area contributed by atoms with Crippen molar-refractivity contribution in [1.29, 1.82) is 0 Å². The number of rotatable bonds is 14. The molecule has 1 aromatic carbocycles. The van der Waals surface area contributed by atoms with Crippen LogP contribution >= 0.6 is 0 Å². The lowest BCUT2D eigenvalue weighted by Crippen LogP contribution is -2.16. The maximum atomic E-state index is 9.42. The van der Waals surface area contributed by atoms with Crippen LogP contribution in [0.25, 0.3) is 22.6 Å². The molecule has 4 nitrogen and oxygen atoms in total. The van der Waals surface area contributed by atoms with Gasteiger partial charge in [0.05, 0.1) is 0 Å². The van der Waals surface area contributed by atoms with E-state index in [1.807, 2.05) is 12.1 Å². The fourth-order valence-corrected chi connectivity index (χ4v) is 4.19. The van der Waals surface area contributed by atoms with Crippen LogP contribution in [0.5, 0.6) is 0 Å². The van der Waals surface area contributed by atoms with Crippen LogP contribution in [0.15, 0.2) is 57.4 Å². The molecule has 0 fully saturated rings. The summed E-state index contributed by atoms with van der Waals surface area (Å²) in [4.78, 5) is 0. The number of hydrogen-bond acceptors (Lipinski definition) is 4. The van der Waals surface area contributed by atoms with E-state index in [9.17, 15) is 10.2 Å². The molecule has 34 heavy (non-hydrogen) atoms. The third-order valence-corrected chi connectivity index (χ3v) is 6.69. The molecule has 0 aliphatic carbocycles. The maximum absolute atomic E-state index is 9.42. The van der Waals surface area contributed by atoms with E-state index in [1.54, 1.807) is 0 Å². The zero-order valence-electron chi connectivity index (χ0n) is 21.4. The first-order valence-electron chi connectivity index (χ1n) is 12.7. The minimum absolute atomic E-state index is 0.00876. The third kappa shape index (κ3) is 7.61. The molecule has 0 radical (unpaired) electrons. The smallest absolute Gasteiger partial charge is 0.135 e. The summed E-state index contributed by atoms with van der Waals surface area (Å²) in [7, 11) is 0. The van der Waals surface area contributed by atoms with E-state index in [0.29, 0.717) is 0 Å². The Bertz CT molecular complexity index is 927. The minimum Gasteiger partial charge on any atom is -0.461 e. The number of aryl methyl sites for hydroxylation is 2. The highest BCUT2D eigenvalue weighted by Crippen LogP contribution is 2.35. The van der Waals surface area contributed by atoms with Crippen molar-refractivity contribution in [3.63, 3.8) is 0 Å². The fourth-order valence-electron chi connectivity index (χ4n) is 4.19. The van der Waals surface area contributed by atoms with E-state index in [4.69, 9.17) is 8.83 Å². The van der Waals surface area contributed by atoms with Gasteiger partial charge >= 0.3 is 0 Å². The predicted octanol–water partition coefficient (Wildman–Crippen LogP) is 7.67. The van der Waals surface area contributed by atoms with E-state index < -0.39 is 0 Å². The van der Waals surface area contributed by atoms with Gasteiger partial charge in [-0.25, -0.2) is 0 Å². The van der Waals surface area contributed by atoms with Gasteiger partial charge in [-0.3, -0.25) is 0 Å². The minimum atomic E-state index is -0.00876. The number of furan rings is 2. The molecule has 0 atom stereocenters. The van der Waals surface area contributed by atoms with Crippen LogP contribution in [0, 0.1) is 10.8 Å². The van der Waals surface area contributed by atoms with Gasteiger partial charge in [-0.2, -0.15) is 0 Å². The monoisotopic (exact) mass is 466 g/mol. The van der Waals surface area contributed by atoms with E-state index in [1.165, 1.54) is 0 Å². The molecule has 0 saturated heterocycles. The lowest BCUT2D eigenvalue weighted by atomic mass is 9.88. The highest BCUT2D eigenvalue weighted by Gasteiger charge is 2.18. The SMILES string of the molecule is CC(C)(CO)CCCCc1ccc(-c2ccccc2-c2ccc(CCCCC(C)(C)CO)o2)o1. The molecule has 4 heteroatoms. The first-order chi connectivity index (χ1) is 16.2. The van der Waals surface area contributed by atoms with Gasteiger partial charge in [0.15, 0.2) is 0 Å².